The summed E-state index contributed by atoms with van der Waals surface area (Å²) in [6.45, 7) is 3.99. The molecule has 0 spiro atoms. The Morgan fingerprint density at radius 3 is 2.32 bits per heavy atom. The lowest BCUT2D eigenvalue weighted by atomic mass is 9.98. The van der Waals surface area contributed by atoms with Crippen LogP contribution in [0.25, 0.3) is 11.1 Å². The van der Waals surface area contributed by atoms with Crippen molar-refractivity contribution in [3.05, 3.63) is 59.7 Å². The number of carboxylic acid groups (broad SMARTS) is 1. The lowest BCUT2D eigenvalue weighted by Gasteiger charge is -2.27. The second-order valence-corrected chi connectivity index (χ2v) is 9.66. The van der Waals surface area contributed by atoms with Crippen molar-refractivity contribution in [2.24, 2.45) is 5.92 Å². The van der Waals surface area contributed by atoms with E-state index in [0.29, 0.717) is 5.75 Å². The third-order valence-electron chi connectivity index (χ3n) is 5.98. The van der Waals surface area contributed by atoms with Crippen LogP contribution < -0.4 is 5.32 Å². The SMILES string of the molecule is CC(C)C1SCC(C(=O)O)N1C(=O)C#CCNC(=O)OCC1c2ccccc2-c2ccccc21. The summed E-state index contributed by atoms with van der Waals surface area (Å²) in [5.41, 5.74) is 4.54. The number of nitrogens with zero attached hydrogens (tertiary/aromatic N) is 1. The number of hydrogen-bond donors (Lipinski definition) is 2. The van der Waals surface area contributed by atoms with E-state index in [1.807, 2.05) is 50.2 Å². The van der Waals surface area contributed by atoms with Crippen molar-refractivity contribution in [2.45, 2.75) is 31.2 Å². The second-order valence-electron chi connectivity index (χ2n) is 8.52. The van der Waals surface area contributed by atoms with Crippen molar-refractivity contribution >= 4 is 29.7 Å². The number of rotatable bonds is 5. The predicted molar refractivity (Wildman–Crippen MR) is 130 cm³/mol. The fourth-order valence-electron chi connectivity index (χ4n) is 4.44. The number of carbonyl (C=O) groups excluding carboxylic acids is 2. The third kappa shape index (κ3) is 4.75. The summed E-state index contributed by atoms with van der Waals surface area (Å²) in [7, 11) is 0. The minimum Gasteiger partial charge on any atom is -0.480 e. The summed E-state index contributed by atoms with van der Waals surface area (Å²) in [6.07, 6.45) is -0.621. The average molecular weight is 479 g/mol. The fraction of sp³-hybridized carbons (Fsp3) is 0.346. The maximum atomic E-state index is 12.6. The molecule has 1 fully saturated rings. The number of carbonyl (C=O) groups is 3. The van der Waals surface area contributed by atoms with Gasteiger partial charge < -0.3 is 20.1 Å². The Labute approximate surface area is 202 Å². The Morgan fingerprint density at radius 2 is 1.74 bits per heavy atom. The van der Waals surface area contributed by atoms with Crippen LogP contribution in [0, 0.1) is 17.8 Å². The van der Waals surface area contributed by atoms with Crippen LogP contribution in [0.5, 0.6) is 0 Å². The highest BCUT2D eigenvalue weighted by molar-refractivity contribution is 8.00. The quantitative estimate of drug-likeness (QED) is 0.639. The number of benzene rings is 2. The second kappa shape index (κ2) is 10.2. The maximum Gasteiger partial charge on any atom is 0.407 e. The van der Waals surface area contributed by atoms with Crippen molar-refractivity contribution in [2.75, 3.05) is 18.9 Å². The number of amides is 2. The largest absolute Gasteiger partial charge is 0.480 e. The third-order valence-corrected chi connectivity index (χ3v) is 7.61. The summed E-state index contributed by atoms with van der Waals surface area (Å²) >= 11 is 1.44. The van der Waals surface area contributed by atoms with Gasteiger partial charge in [0.15, 0.2) is 0 Å². The minimum absolute atomic E-state index is 0.0422. The van der Waals surface area contributed by atoms with Crippen LogP contribution >= 0.6 is 11.8 Å². The number of ether oxygens (including phenoxy) is 1. The molecule has 2 atom stereocenters. The van der Waals surface area contributed by atoms with Crippen LogP contribution in [-0.4, -0.2) is 58.3 Å². The van der Waals surface area contributed by atoms with Gasteiger partial charge in [0.05, 0.1) is 11.9 Å². The molecule has 0 bridgehead atoms. The van der Waals surface area contributed by atoms with Gasteiger partial charge in [-0.3, -0.25) is 4.79 Å². The van der Waals surface area contributed by atoms with Crippen LogP contribution in [-0.2, 0) is 14.3 Å². The van der Waals surface area contributed by atoms with Gasteiger partial charge in [-0.1, -0.05) is 68.3 Å². The summed E-state index contributed by atoms with van der Waals surface area (Å²) < 4.78 is 5.45. The standard InChI is InChI=1S/C26H26N2O5S/c1-16(2)24-28(22(15-34-24)25(30)31)23(29)12-7-13-27-26(32)33-14-21-19-10-5-3-8-17(19)18-9-4-6-11-20(18)21/h3-6,8-11,16,21-22,24H,13-15H2,1-2H3,(H,27,32)(H,30,31). The first-order valence-electron chi connectivity index (χ1n) is 11.1. The van der Waals surface area contributed by atoms with E-state index < -0.39 is 24.0 Å². The van der Waals surface area contributed by atoms with E-state index in [1.54, 1.807) is 0 Å². The van der Waals surface area contributed by atoms with E-state index in [9.17, 15) is 19.5 Å². The van der Waals surface area contributed by atoms with Gasteiger partial charge >= 0.3 is 12.1 Å². The molecule has 4 rings (SSSR count). The van der Waals surface area contributed by atoms with Crippen molar-refractivity contribution in [3.8, 4) is 23.0 Å². The van der Waals surface area contributed by atoms with E-state index in [1.165, 1.54) is 16.7 Å². The topological polar surface area (TPSA) is 95.9 Å². The molecule has 7 nitrogen and oxygen atoms in total. The van der Waals surface area contributed by atoms with E-state index in [2.05, 4.69) is 29.3 Å². The first kappa shape index (κ1) is 23.7. The number of carboxylic acids is 1. The van der Waals surface area contributed by atoms with E-state index >= 15 is 0 Å². The number of fused-ring (bicyclic) bond motifs is 3. The van der Waals surface area contributed by atoms with Crippen LogP contribution in [0.4, 0.5) is 4.79 Å². The molecular weight excluding hydrogens is 452 g/mol. The fourth-order valence-corrected chi connectivity index (χ4v) is 5.91. The predicted octanol–water partition coefficient (Wildman–Crippen LogP) is 3.54. The van der Waals surface area contributed by atoms with Crippen molar-refractivity contribution in [1.82, 2.24) is 10.2 Å². The Balaban J connectivity index is 1.32. The Bertz CT molecular complexity index is 1120. The van der Waals surface area contributed by atoms with Gasteiger partial charge in [0, 0.05) is 11.7 Å². The molecule has 2 N–H and O–H groups in total. The number of thioether (sulfide) groups is 1. The van der Waals surface area contributed by atoms with E-state index in [0.717, 1.165) is 22.3 Å². The van der Waals surface area contributed by atoms with Crippen LogP contribution in [0.1, 0.15) is 30.9 Å². The van der Waals surface area contributed by atoms with Gasteiger partial charge in [-0.15, -0.1) is 11.8 Å². The molecule has 34 heavy (non-hydrogen) atoms. The lowest BCUT2D eigenvalue weighted by molar-refractivity contribution is -0.147. The molecule has 2 unspecified atom stereocenters. The number of alkyl carbamates (subject to hydrolysis) is 1. The molecule has 2 aromatic rings. The highest BCUT2D eigenvalue weighted by atomic mass is 32.2. The molecule has 8 heteroatoms. The Morgan fingerprint density at radius 1 is 1.12 bits per heavy atom. The highest BCUT2D eigenvalue weighted by Gasteiger charge is 2.42. The van der Waals surface area contributed by atoms with Crippen LogP contribution in [0.15, 0.2) is 48.5 Å². The molecule has 1 aliphatic heterocycles. The molecule has 2 aliphatic rings. The summed E-state index contributed by atoms with van der Waals surface area (Å²) in [4.78, 5) is 37.7. The normalized spacial score (nSPS) is 18.6. The molecule has 1 heterocycles. The summed E-state index contributed by atoms with van der Waals surface area (Å²) in [5.74, 6) is 3.88. The van der Waals surface area contributed by atoms with Gasteiger partial charge in [-0.25, -0.2) is 9.59 Å². The average Bonchev–Trinajstić information content (AvgIpc) is 3.41. The van der Waals surface area contributed by atoms with E-state index in [-0.39, 0.29) is 30.4 Å². The number of nitrogens with one attached hydrogen (secondary N) is 1. The van der Waals surface area contributed by atoms with Gasteiger partial charge in [0.1, 0.15) is 12.6 Å². The maximum absolute atomic E-state index is 12.6. The van der Waals surface area contributed by atoms with Crippen molar-refractivity contribution in [1.29, 1.82) is 0 Å². The first-order valence-corrected chi connectivity index (χ1v) is 12.2. The smallest absolute Gasteiger partial charge is 0.407 e. The monoisotopic (exact) mass is 478 g/mol. The minimum atomic E-state index is -1.04. The Kier molecular flexibility index (Phi) is 7.13. The van der Waals surface area contributed by atoms with E-state index in [4.69, 9.17) is 4.74 Å². The highest BCUT2D eigenvalue weighted by Crippen LogP contribution is 2.44. The van der Waals surface area contributed by atoms with Crippen LogP contribution in [0.3, 0.4) is 0 Å². The van der Waals surface area contributed by atoms with Gasteiger partial charge in [0.2, 0.25) is 0 Å². The van der Waals surface area contributed by atoms with Crippen LogP contribution in [0.2, 0.25) is 0 Å². The number of hydrogen-bond acceptors (Lipinski definition) is 5. The van der Waals surface area contributed by atoms with Gasteiger partial charge in [0.25, 0.3) is 5.91 Å². The molecule has 2 aromatic carbocycles. The molecule has 176 valence electrons. The molecule has 0 aromatic heterocycles. The van der Waals surface area contributed by atoms with Crippen molar-refractivity contribution < 1.29 is 24.2 Å². The molecule has 1 saturated heterocycles. The molecule has 1 aliphatic carbocycles. The molecular formula is C26H26N2O5S. The summed E-state index contributed by atoms with van der Waals surface area (Å²) in [5, 5.41) is 11.7. The number of aliphatic carboxylic acids is 1. The van der Waals surface area contributed by atoms with Gasteiger partial charge in [-0.05, 0) is 34.1 Å². The first-order chi connectivity index (χ1) is 16.4. The molecule has 0 saturated carbocycles. The molecule has 2 amide bonds. The molecule has 0 radical (unpaired) electrons. The van der Waals surface area contributed by atoms with Crippen molar-refractivity contribution in [3.63, 3.8) is 0 Å². The lowest BCUT2D eigenvalue weighted by Crippen LogP contribution is -2.46. The Hall–Kier alpha value is -3.44. The summed E-state index contributed by atoms with van der Waals surface area (Å²) in [6, 6.07) is 15.3. The van der Waals surface area contributed by atoms with Gasteiger partial charge in [-0.2, -0.15) is 0 Å². The zero-order chi connectivity index (χ0) is 24.2. The zero-order valence-corrected chi connectivity index (χ0v) is 19.8. The zero-order valence-electron chi connectivity index (χ0n) is 19.0.